The molecule has 0 spiro atoms. The molecule has 2 heterocycles. The summed E-state index contributed by atoms with van der Waals surface area (Å²) in [5.41, 5.74) is 0. The van der Waals surface area contributed by atoms with E-state index >= 15 is 0 Å². The van der Waals surface area contributed by atoms with Crippen molar-refractivity contribution in [2.75, 3.05) is 32.7 Å². The highest BCUT2D eigenvalue weighted by Gasteiger charge is 2.26. The van der Waals surface area contributed by atoms with E-state index in [1.807, 2.05) is 30.6 Å². The first-order chi connectivity index (χ1) is 10.9. The lowest BCUT2D eigenvalue weighted by Crippen LogP contribution is -2.54. The average molecular weight is 329 g/mol. The number of hydrogen-bond donors (Lipinski definition) is 0. The Morgan fingerprint density at radius 2 is 1.96 bits per heavy atom. The molecule has 1 aromatic rings. The lowest BCUT2D eigenvalue weighted by Gasteiger charge is -2.38. The number of piperazine rings is 1. The van der Waals surface area contributed by atoms with E-state index in [1.165, 1.54) is 12.4 Å². The quantitative estimate of drug-likeness (QED) is 0.832. The first-order valence-electron chi connectivity index (χ1n) is 8.01. The molecule has 23 heavy (non-hydrogen) atoms. The third kappa shape index (κ3) is 4.19. The van der Waals surface area contributed by atoms with Crippen LogP contribution < -0.4 is 0 Å². The van der Waals surface area contributed by atoms with Crippen molar-refractivity contribution < 1.29 is 13.6 Å². The van der Waals surface area contributed by atoms with Gasteiger partial charge >= 0.3 is 12.6 Å². The Bertz CT molecular complexity index is 512. The first kappa shape index (κ1) is 17.7. The standard InChI is InChI=1S/C15H25F2N5O/c1-4-21(12(2)3)15(23)20-9-7-19(8-10-20)11-13-18-5-6-22(13)14(16)17/h5-6,12,14H,4,7-11H2,1-3H3. The van der Waals surface area contributed by atoms with Crippen molar-refractivity contribution in [3.63, 3.8) is 0 Å². The summed E-state index contributed by atoms with van der Waals surface area (Å²) in [6, 6.07) is 0.222. The average Bonchev–Trinajstić information content (AvgIpc) is 2.96. The number of amides is 2. The minimum atomic E-state index is -2.57. The zero-order valence-electron chi connectivity index (χ0n) is 14.0. The van der Waals surface area contributed by atoms with Gasteiger partial charge in [-0.25, -0.2) is 9.78 Å². The molecule has 1 fully saturated rings. The van der Waals surface area contributed by atoms with Gasteiger partial charge in [0.2, 0.25) is 0 Å². The number of rotatable bonds is 5. The van der Waals surface area contributed by atoms with Crippen molar-refractivity contribution in [2.45, 2.75) is 39.9 Å². The van der Waals surface area contributed by atoms with E-state index in [4.69, 9.17) is 0 Å². The van der Waals surface area contributed by atoms with Crippen LogP contribution in [0.2, 0.25) is 0 Å². The number of alkyl halides is 2. The van der Waals surface area contributed by atoms with E-state index in [9.17, 15) is 13.6 Å². The highest BCUT2D eigenvalue weighted by molar-refractivity contribution is 5.74. The summed E-state index contributed by atoms with van der Waals surface area (Å²) in [5.74, 6) is 0.358. The lowest BCUT2D eigenvalue weighted by molar-refractivity contribution is 0.0608. The van der Waals surface area contributed by atoms with Crippen LogP contribution in [0.3, 0.4) is 0 Å². The Labute approximate surface area is 135 Å². The minimum Gasteiger partial charge on any atom is -0.323 e. The van der Waals surface area contributed by atoms with Crippen molar-refractivity contribution in [3.05, 3.63) is 18.2 Å². The largest absolute Gasteiger partial charge is 0.323 e. The molecule has 1 aliphatic heterocycles. The van der Waals surface area contributed by atoms with Crippen molar-refractivity contribution >= 4 is 6.03 Å². The van der Waals surface area contributed by atoms with E-state index in [1.54, 1.807) is 0 Å². The fourth-order valence-corrected chi connectivity index (χ4v) is 2.84. The molecule has 0 atom stereocenters. The minimum absolute atomic E-state index is 0.0521. The zero-order chi connectivity index (χ0) is 17.0. The molecule has 130 valence electrons. The number of hydrogen-bond acceptors (Lipinski definition) is 3. The van der Waals surface area contributed by atoms with E-state index in [0.717, 1.165) is 4.57 Å². The molecule has 0 saturated carbocycles. The molecule has 8 heteroatoms. The van der Waals surface area contributed by atoms with Gasteiger partial charge in [-0.3, -0.25) is 9.47 Å². The van der Waals surface area contributed by atoms with Gasteiger partial charge in [0.15, 0.2) is 0 Å². The van der Waals surface area contributed by atoms with Gasteiger partial charge in [0, 0.05) is 51.2 Å². The smallest absolute Gasteiger partial charge is 0.320 e. The third-order valence-corrected chi connectivity index (χ3v) is 4.18. The molecule has 2 rings (SSSR count). The van der Waals surface area contributed by atoms with E-state index in [2.05, 4.69) is 9.88 Å². The summed E-state index contributed by atoms with van der Waals surface area (Å²) in [7, 11) is 0. The van der Waals surface area contributed by atoms with Gasteiger partial charge in [0.05, 0.1) is 6.54 Å². The molecule has 2 amide bonds. The maximum absolute atomic E-state index is 12.8. The van der Waals surface area contributed by atoms with Crippen LogP contribution in [0.25, 0.3) is 0 Å². The van der Waals surface area contributed by atoms with Crippen LogP contribution >= 0.6 is 0 Å². The SMILES string of the molecule is CCN(C(=O)N1CCN(Cc2nccn2C(F)F)CC1)C(C)C. The summed E-state index contributed by atoms with van der Waals surface area (Å²) < 4.78 is 26.5. The second-order valence-corrected chi connectivity index (χ2v) is 5.95. The molecule has 0 radical (unpaired) electrons. The third-order valence-electron chi connectivity index (χ3n) is 4.18. The topological polar surface area (TPSA) is 44.6 Å². The van der Waals surface area contributed by atoms with Gasteiger partial charge < -0.3 is 9.80 Å². The number of nitrogens with zero attached hydrogens (tertiary/aromatic N) is 5. The van der Waals surface area contributed by atoms with Crippen molar-refractivity contribution in [1.82, 2.24) is 24.3 Å². The van der Waals surface area contributed by atoms with Crippen LogP contribution in [-0.4, -0.2) is 69.0 Å². The van der Waals surface area contributed by atoms with Crippen LogP contribution in [0.15, 0.2) is 12.4 Å². The summed E-state index contributed by atoms with van der Waals surface area (Å²) in [6.07, 6.45) is 2.69. The van der Waals surface area contributed by atoms with E-state index in [-0.39, 0.29) is 12.1 Å². The van der Waals surface area contributed by atoms with Crippen LogP contribution in [0.4, 0.5) is 13.6 Å². The number of carbonyl (C=O) groups excluding carboxylic acids is 1. The van der Waals surface area contributed by atoms with E-state index < -0.39 is 6.55 Å². The Morgan fingerprint density at radius 3 is 2.48 bits per heavy atom. The highest BCUT2D eigenvalue weighted by atomic mass is 19.3. The molecule has 1 saturated heterocycles. The monoisotopic (exact) mass is 329 g/mol. The molecule has 1 aliphatic rings. The Balaban J connectivity index is 1.89. The second-order valence-electron chi connectivity index (χ2n) is 5.95. The van der Waals surface area contributed by atoms with Crippen LogP contribution in [-0.2, 0) is 6.54 Å². The van der Waals surface area contributed by atoms with Crippen LogP contribution in [0.1, 0.15) is 33.1 Å². The Morgan fingerprint density at radius 1 is 1.30 bits per heavy atom. The molecule has 1 aromatic heterocycles. The van der Waals surface area contributed by atoms with Gasteiger partial charge in [-0.05, 0) is 20.8 Å². The van der Waals surface area contributed by atoms with Gasteiger partial charge in [-0.1, -0.05) is 0 Å². The molecule has 0 N–H and O–H groups in total. The lowest BCUT2D eigenvalue weighted by atomic mass is 10.3. The van der Waals surface area contributed by atoms with Crippen molar-refractivity contribution in [3.8, 4) is 0 Å². The fourth-order valence-electron chi connectivity index (χ4n) is 2.84. The maximum Gasteiger partial charge on any atom is 0.320 e. The summed E-state index contributed by atoms with van der Waals surface area (Å²) in [6.45, 7) is 7.01. The summed E-state index contributed by atoms with van der Waals surface area (Å²) >= 11 is 0. The number of carbonyl (C=O) groups is 1. The van der Waals surface area contributed by atoms with Crippen molar-refractivity contribution in [1.29, 1.82) is 0 Å². The molecule has 0 unspecified atom stereocenters. The maximum atomic E-state index is 12.8. The number of urea groups is 1. The Kier molecular flexibility index (Phi) is 5.92. The normalized spacial score (nSPS) is 16.4. The second kappa shape index (κ2) is 7.72. The van der Waals surface area contributed by atoms with Gasteiger partial charge in [0.1, 0.15) is 5.82 Å². The molecule has 6 nitrogen and oxygen atoms in total. The Hall–Kier alpha value is -1.70. The summed E-state index contributed by atoms with van der Waals surface area (Å²) in [4.78, 5) is 22.2. The molecular formula is C15H25F2N5O. The fraction of sp³-hybridized carbons (Fsp3) is 0.733. The number of imidazole rings is 1. The predicted molar refractivity (Wildman–Crippen MR) is 83.2 cm³/mol. The predicted octanol–water partition coefficient (Wildman–Crippen LogP) is 2.25. The highest BCUT2D eigenvalue weighted by Crippen LogP contribution is 2.15. The van der Waals surface area contributed by atoms with Gasteiger partial charge in [0.25, 0.3) is 0 Å². The zero-order valence-corrected chi connectivity index (χ0v) is 14.0. The van der Waals surface area contributed by atoms with Gasteiger partial charge in [-0.2, -0.15) is 8.78 Å². The van der Waals surface area contributed by atoms with Crippen LogP contribution in [0.5, 0.6) is 0 Å². The number of halogens is 2. The first-order valence-corrected chi connectivity index (χ1v) is 8.01. The molecular weight excluding hydrogens is 304 g/mol. The van der Waals surface area contributed by atoms with Crippen molar-refractivity contribution in [2.24, 2.45) is 0 Å². The van der Waals surface area contributed by atoms with Gasteiger partial charge in [-0.15, -0.1) is 0 Å². The number of aromatic nitrogens is 2. The van der Waals surface area contributed by atoms with Crippen LogP contribution in [0, 0.1) is 0 Å². The van der Waals surface area contributed by atoms with E-state index in [0.29, 0.717) is 45.1 Å². The summed E-state index contributed by atoms with van der Waals surface area (Å²) in [5, 5.41) is 0. The molecule has 0 bridgehead atoms. The molecule has 0 aromatic carbocycles. The molecule has 0 aliphatic carbocycles.